The quantitative estimate of drug-likeness (QED) is 0.621. The highest BCUT2D eigenvalue weighted by atomic mass is 32.2. The first-order chi connectivity index (χ1) is 13.4. The van der Waals surface area contributed by atoms with Gasteiger partial charge in [-0.2, -0.15) is 4.31 Å². The van der Waals surface area contributed by atoms with E-state index in [1.54, 1.807) is 13.0 Å². The molecule has 1 atom stereocenters. The molecule has 1 aromatic carbocycles. The summed E-state index contributed by atoms with van der Waals surface area (Å²) in [5.41, 5.74) is 0. The van der Waals surface area contributed by atoms with Crippen LogP contribution in [0.1, 0.15) is 13.3 Å². The van der Waals surface area contributed by atoms with Gasteiger partial charge in [0.1, 0.15) is 19.4 Å². The van der Waals surface area contributed by atoms with Crippen molar-refractivity contribution in [1.82, 2.24) is 14.9 Å². The number of amides is 2. The van der Waals surface area contributed by atoms with Gasteiger partial charge in [0.05, 0.1) is 18.0 Å². The highest BCUT2D eigenvalue weighted by Gasteiger charge is 2.35. The lowest BCUT2D eigenvalue weighted by atomic mass is 10.3. The number of nitrogens with zero attached hydrogens (tertiary/aromatic N) is 1. The minimum absolute atomic E-state index is 0.0438. The van der Waals surface area contributed by atoms with Crippen molar-refractivity contribution in [2.24, 2.45) is 0 Å². The lowest BCUT2D eigenvalue weighted by molar-refractivity contribution is -0.140. The summed E-state index contributed by atoms with van der Waals surface area (Å²) in [7, 11) is -3.90. The van der Waals surface area contributed by atoms with Gasteiger partial charge in [-0.05, 0) is 25.5 Å². The largest absolute Gasteiger partial charge is 0.486 e. The second kappa shape index (κ2) is 8.76. The van der Waals surface area contributed by atoms with E-state index in [1.807, 2.05) is 0 Å². The zero-order valence-electron chi connectivity index (χ0n) is 15.5. The average Bonchev–Trinajstić information content (AvgIpc) is 2.72. The van der Waals surface area contributed by atoms with Crippen LogP contribution in [-0.2, 0) is 24.3 Å². The number of benzene rings is 1. The number of likely N-dealkylation sites (N-methyl/N-ethyl adjacent to an activating group) is 1. The average molecular weight is 413 g/mol. The number of fused-ring (bicyclic) bond motifs is 1. The molecule has 0 unspecified atom stereocenters. The highest BCUT2D eigenvalue weighted by Crippen LogP contribution is 2.33. The number of sulfonamides is 1. The van der Waals surface area contributed by atoms with Gasteiger partial charge in [-0.15, -0.1) is 0 Å². The number of nitrogens with one attached hydrogen (secondary N) is 2. The van der Waals surface area contributed by atoms with Crippen molar-refractivity contribution in [1.29, 1.82) is 0 Å². The predicted octanol–water partition coefficient (Wildman–Crippen LogP) is -0.553. The third kappa shape index (κ3) is 4.37. The van der Waals surface area contributed by atoms with E-state index in [1.165, 1.54) is 16.4 Å². The van der Waals surface area contributed by atoms with Crippen LogP contribution in [0.3, 0.4) is 0 Å². The molecule has 11 heteroatoms. The Hall–Kier alpha value is -2.37. The summed E-state index contributed by atoms with van der Waals surface area (Å²) in [6.07, 6.45) is -0.393. The maximum absolute atomic E-state index is 13.1. The first kappa shape index (κ1) is 20.4. The molecule has 0 saturated carbocycles. The van der Waals surface area contributed by atoms with E-state index in [4.69, 9.17) is 14.2 Å². The maximum atomic E-state index is 13.1. The zero-order valence-corrected chi connectivity index (χ0v) is 16.3. The summed E-state index contributed by atoms with van der Waals surface area (Å²) in [5.74, 6) is -0.760. The molecule has 1 saturated heterocycles. The van der Waals surface area contributed by atoms with Crippen molar-refractivity contribution in [3.63, 3.8) is 0 Å². The number of carbonyl (C=O) groups excluding carboxylic acids is 2. The van der Waals surface area contributed by atoms with Crippen molar-refractivity contribution >= 4 is 21.8 Å². The Kier molecular flexibility index (Phi) is 6.37. The van der Waals surface area contributed by atoms with Gasteiger partial charge >= 0.3 is 11.8 Å². The predicted molar refractivity (Wildman–Crippen MR) is 97.4 cm³/mol. The summed E-state index contributed by atoms with van der Waals surface area (Å²) >= 11 is 0. The van der Waals surface area contributed by atoms with Crippen molar-refractivity contribution in [3.8, 4) is 11.5 Å². The van der Waals surface area contributed by atoms with E-state index in [-0.39, 0.29) is 18.0 Å². The maximum Gasteiger partial charge on any atom is 0.309 e. The number of hydrogen-bond donors (Lipinski definition) is 2. The Morgan fingerprint density at radius 2 is 1.82 bits per heavy atom. The van der Waals surface area contributed by atoms with Gasteiger partial charge in [0.2, 0.25) is 10.0 Å². The molecule has 154 valence electrons. The Balaban J connectivity index is 1.75. The van der Waals surface area contributed by atoms with Crippen LogP contribution in [0.15, 0.2) is 23.1 Å². The summed E-state index contributed by atoms with van der Waals surface area (Å²) < 4.78 is 43.9. The van der Waals surface area contributed by atoms with Crippen molar-refractivity contribution in [2.45, 2.75) is 24.5 Å². The van der Waals surface area contributed by atoms with Gasteiger partial charge in [0.25, 0.3) is 0 Å². The zero-order chi connectivity index (χ0) is 20.1. The van der Waals surface area contributed by atoms with Gasteiger partial charge < -0.3 is 24.8 Å². The van der Waals surface area contributed by atoms with E-state index in [0.717, 1.165) is 0 Å². The van der Waals surface area contributed by atoms with Gasteiger partial charge in [-0.1, -0.05) is 0 Å². The molecule has 0 aromatic heterocycles. The molecule has 1 aromatic rings. The van der Waals surface area contributed by atoms with Crippen molar-refractivity contribution in [3.05, 3.63) is 18.2 Å². The molecule has 2 N–H and O–H groups in total. The number of carbonyl (C=O) groups is 2. The molecule has 0 radical (unpaired) electrons. The van der Waals surface area contributed by atoms with Crippen LogP contribution in [0.4, 0.5) is 0 Å². The fraction of sp³-hybridized carbons (Fsp3) is 0.529. The Bertz CT molecular complexity index is 843. The Morgan fingerprint density at radius 3 is 2.57 bits per heavy atom. The van der Waals surface area contributed by atoms with Gasteiger partial charge in [-0.3, -0.25) is 9.59 Å². The summed E-state index contributed by atoms with van der Waals surface area (Å²) in [5, 5.41) is 4.79. The number of rotatable bonds is 5. The fourth-order valence-corrected chi connectivity index (χ4v) is 4.50. The topological polar surface area (TPSA) is 123 Å². The highest BCUT2D eigenvalue weighted by molar-refractivity contribution is 7.89. The van der Waals surface area contributed by atoms with Crippen LogP contribution in [0, 0.1) is 0 Å². The van der Waals surface area contributed by atoms with E-state index in [2.05, 4.69) is 10.6 Å². The summed E-state index contributed by atoms with van der Waals surface area (Å²) in [4.78, 5) is 23.4. The molecule has 2 heterocycles. The monoisotopic (exact) mass is 413 g/mol. The second-order valence-corrected chi connectivity index (χ2v) is 8.06. The van der Waals surface area contributed by atoms with E-state index in [0.29, 0.717) is 44.3 Å². The molecule has 28 heavy (non-hydrogen) atoms. The summed E-state index contributed by atoms with van der Waals surface area (Å²) in [6, 6.07) is 4.42. The van der Waals surface area contributed by atoms with Gasteiger partial charge in [0, 0.05) is 19.2 Å². The van der Waals surface area contributed by atoms with Crippen LogP contribution >= 0.6 is 0 Å². The van der Waals surface area contributed by atoms with E-state index in [9.17, 15) is 18.0 Å². The molecule has 0 spiro atoms. The summed E-state index contributed by atoms with van der Waals surface area (Å²) in [6.45, 7) is 3.21. The number of ether oxygens (including phenoxy) is 3. The van der Waals surface area contributed by atoms with E-state index >= 15 is 0 Å². The first-order valence-electron chi connectivity index (χ1n) is 9.02. The van der Waals surface area contributed by atoms with Crippen LogP contribution in [0.5, 0.6) is 11.5 Å². The van der Waals surface area contributed by atoms with Gasteiger partial charge in [0.15, 0.2) is 11.5 Å². The molecular weight excluding hydrogens is 390 g/mol. The van der Waals surface area contributed by atoms with Gasteiger partial charge in [-0.25, -0.2) is 8.42 Å². The molecule has 1 fully saturated rings. The minimum atomic E-state index is -3.90. The Morgan fingerprint density at radius 1 is 1.11 bits per heavy atom. The molecule has 0 aliphatic carbocycles. The molecule has 2 aliphatic rings. The van der Waals surface area contributed by atoms with Crippen LogP contribution in [0.2, 0.25) is 0 Å². The molecular formula is C17H23N3O7S. The molecule has 0 bridgehead atoms. The number of hydrogen-bond acceptors (Lipinski definition) is 7. The second-order valence-electron chi connectivity index (χ2n) is 6.17. The van der Waals surface area contributed by atoms with E-state index < -0.39 is 28.1 Å². The Labute approximate surface area is 163 Å². The smallest absolute Gasteiger partial charge is 0.309 e. The lowest BCUT2D eigenvalue weighted by Gasteiger charge is -2.34. The normalized spacial score (nSPS) is 19.7. The molecule has 2 aliphatic heterocycles. The fourth-order valence-electron chi connectivity index (χ4n) is 2.92. The van der Waals surface area contributed by atoms with Crippen molar-refractivity contribution < 1.29 is 32.2 Å². The van der Waals surface area contributed by atoms with Crippen LogP contribution in [-0.4, -0.2) is 70.2 Å². The van der Waals surface area contributed by atoms with Crippen molar-refractivity contribution in [2.75, 3.05) is 39.5 Å². The van der Waals surface area contributed by atoms with Crippen LogP contribution in [0.25, 0.3) is 0 Å². The SMILES string of the molecule is CCNC(=O)C(=O)NC[C@H]1OCCCN1S(=O)(=O)c1ccc2c(c1)OCCO2. The molecule has 3 rings (SSSR count). The lowest BCUT2D eigenvalue weighted by Crippen LogP contribution is -2.53. The standard InChI is InChI=1S/C17H23N3O7S/c1-2-18-16(21)17(22)19-11-15-20(6-3-7-27-15)28(23,24)12-4-5-13-14(10-12)26-9-8-25-13/h4-5,10,15H,2-3,6-9,11H2,1H3,(H,18,21)(H,19,22)/t15-/m1/s1. The molecule has 10 nitrogen and oxygen atoms in total. The third-order valence-corrected chi connectivity index (χ3v) is 6.14. The minimum Gasteiger partial charge on any atom is -0.486 e. The van der Waals surface area contributed by atoms with Crippen LogP contribution < -0.4 is 20.1 Å². The first-order valence-corrected chi connectivity index (χ1v) is 10.5. The molecule has 2 amide bonds. The third-order valence-electron chi connectivity index (χ3n) is 4.26.